The first-order chi connectivity index (χ1) is 16.3. The number of nitrogens with one attached hydrogen (secondary N) is 2. The Morgan fingerprint density at radius 1 is 1.12 bits per heavy atom. The molecule has 33 heavy (non-hydrogen) atoms. The van der Waals surface area contributed by atoms with Crippen molar-refractivity contribution in [2.24, 2.45) is 12.0 Å². The van der Waals surface area contributed by atoms with Gasteiger partial charge in [0.05, 0.1) is 19.4 Å². The Labute approximate surface area is 192 Å². The molecule has 0 aliphatic heterocycles. The van der Waals surface area contributed by atoms with Gasteiger partial charge in [0.15, 0.2) is 0 Å². The quantitative estimate of drug-likeness (QED) is 0.253. The first-order valence-corrected chi connectivity index (χ1v) is 10.8. The summed E-state index contributed by atoms with van der Waals surface area (Å²) in [6.07, 6.45) is 7.66. The largest absolute Gasteiger partial charge is 0.494 e. The lowest BCUT2D eigenvalue weighted by atomic mass is 10.2. The molecule has 0 amide bonds. The van der Waals surface area contributed by atoms with E-state index in [0.29, 0.717) is 31.6 Å². The van der Waals surface area contributed by atoms with Crippen LogP contribution in [-0.2, 0) is 20.1 Å². The molecule has 4 aromatic rings. The van der Waals surface area contributed by atoms with Gasteiger partial charge in [-0.1, -0.05) is 12.1 Å². The lowest BCUT2D eigenvalue weighted by molar-refractivity contribution is 0.314. The Morgan fingerprint density at radius 2 is 2.03 bits per heavy atom. The average molecular weight is 446 g/mol. The molecule has 3 aromatic heterocycles. The molecule has 1 aromatic carbocycles. The third kappa shape index (κ3) is 7.01. The molecule has 3 heterocycles. The van der Waals surface area contributed by atoms with Gasteiger partial charge in [-0.25, -0.2) is 9.67 Å². The fraction of sp³-hybridized carbons (Fsp3) is 0.250. The summed E-state index contributed by atoms with van der Waals surface area (Å²) in [6.45, 7) is 2.76. The Kier molecular flexibility index (Phi) is 7.80. The number of benzene rings is 1. The number of hydrogen-bond donors (Lipinski definition) is 2. The van der Waals surface area contributed by atoms with Gasteiger partial charge in [-0.05, 0) is 53.9 Å². The SMILES string of the molecule is Cn1nc(/N=C/c2ccncc2)nc1NCCCOc1cccc(CNCc2ccco2)c1. The van der Waals surface area contributed by atoms with E-state index in [2.05, 4.69) is 42.8 Å². The minimum Gasteiger partial charge on any atom is -0.494 e. The molecule has 0 atom stereocenters. The predicted octanol–water partition coefficient (Wildman–Crippen LogP) is 3.72. The van der Waals surface area contributed by atoms with Gasteiger partial charge in [0.25, 0.3) is 5.95 Å². The first-order valence-electron chi connectivity index (χ1n) is 10.8. The second-order valence-electron chi connectivity index (χ2n) is 7.36. The topological polar surface area (TPSA) is 102 Å². The van der Waals surface area contributed by atoms with Crippen molar-refractivity contribution in [1.29, 1.82) is 0 Å². The molecule has 0 aliphatic rings. The maximum atomic E-state index is 5.90. The molecule has 0 saturated carbocycles. The lowest BCUT2D eigenvalue weighted by Gasteiger charge is -2.09. The van der Waals surface area contributed by atoms with Crippen LogP contribution in [0.25, 0.3) is 0 Å². The van der Waals surface area contributed by atoms with Crippen LogP contribution in [0, 0.1) is 0 Å². The van der Waals surface area contributed by atoms with Crippen LogP contribution in [0.15, 0.2) is 76.6 Å². The fourth-order valence-corrected chi connectivity index (χ4v) is 3.11. The third-order valence-electron chi connectivity index (χ3n) is 4.77. The van der Waals surface area contributed by atoms with E-state index < -0.39 is 0 Å². The zero-order valence-electron chi connectivity index (χ0n) is 18.5. The molecule has 0 aliphatic carbocycles. The number of aryl methyl sites for hydroxylation is 1. The summed E-state index contributed by atoms with van der Waals surface area (Å²) in [4.78, 5) is 12.7. The molecule has 0 fully saturated rings. The molecular formula is C24H27N7O2. The molecular weight excluding hydrogens is 418 g/mol. The van der Waals surface area contributed by atoms with Crippen molar-refractivity contribution in [3.8, 4) is 5.75 Å². The second-order valence-corrected chi connectivity index (χ2v) is 7.36. The number of nitrogens with zero attached hydrogens (tertiary/aromatic N) is 5. The van der Waals surface area contributed by atoms with Crippen molar-refractivity contribution in [1.82, 2.24) is 25.1 Å². The summed E-state index contributed by atoms with van der Waals surface area (Å²) in [5, 5.41) is 11.0. The maximum absolute atomic E-state index is 5.90. The highest BCUT2D eigenvalue weighted by Gasteiger charge is 2.05. The number of ether oxygens (including phenoxy) is 1. The monoisotopic (exact) mass is 445 g/mol. The van der Waals surface area contributed by atoms with Gasteiger partial charge in [-0.2, -0.15) is 4.98 Å². The van der Waals surface area contributed by atoms with Crippen LogP contribution in [0.5, 0.6) is 5.75 Å². The van der Waals surface area contributed by atoms with Crippen LogP contribution in [-0.4, -0.2) is 39.1 Å². The second kappa shape index (κ2) is 11.6. The highest BCUT2D eigenvalue weighted by molar-refractivity contribution is 5.80. The number of hydrogen-bond acceptors (Lipinski definition) is 8. The van der Waals surface area contributed by atoms with Gasteiger partial charge < -0.3 is 19.8 Å². The van der Waals surface area contributed by atoms with Gasteiger partial charge in [0.1, 0.15) is 11.5 Å². The van der Waals surface area contributed by atoms with Crippen molar-refractivity contribution < 1.29 is 9.15 Å². The third-order valence-corrected chi connectivity index (χ3v) is 4.77. The van der Waals surface area contributed by atoms with Crippen LogP contribution < -0.4 is 15.4 Å². The van der Waals surface area contributed by atoms with E-state index in [1.807, 2.05) is 43.4 Å². The summed E-state index contributed by atoms with van der Waals surface area (Å²) >= 11 is 0. The van der Waals surface area contributed by atoms with Gasteiger partial charge >= 0.3 is 0 Å². The Bertz CT molecular complexity index is 1140. The number of anilines is 1. The van der Waals surface area contributed by atoms with E-state index in [9.17, 15) is 0 Å². The first kappa shape index (κ1) is 22.2. The summed E-state index contributed by atoms with van der Waals surface area (Å²) < 4.78 is 12.9. The summed E-state index contributed by atoms with van der Waals surface area (Å²) in [5.74, 6) is 2.86. The minimum absolute atomic E-state index is 0.408. The molecule has 9 nitrogen and oxygen atoms in total. The maximum Gasteiger partial charge on any atom is 0.270 e. The molecule has 170 valence electrons. The molecule has 0 unspecified atom stereocenters. The van der Waals surface area contributed by atoms with Crippen LogP contribution in [0.3, 0.4) is 0 Å². The summed E-state index contributed by atoms with van der Waals surface area (Å²) in [5.41, 5.74) is 2.11. The Balaban J connectivity index is 1.17. The zero-order valence-corrected chi connectivity index (χ0v) is 18.5. The number of aromatic nitrogens is 4. The highest BCUT2D eigenvalue weighted by Crippen LogP contribution is 2.14. The van der Waals surface area contributed by atoms with Gasteiger partial charge in [-0.15, -0.1) is 5.10 Å². The lowest BCUT2D eigenvalue weighted by Crippen LogP contribution is -2.12. The summed E-state index contributed by atoms with van der Waals surface area (Å²) in [6, 6.07) is 15.7. The van der Waals surface area contributed by atoms with Gasteiger partial charge in [0, 0.05) is 38.7 Å². The van der Waals surface area contributed by atoms with Crippen molar-refractivity contribution in [2.45, 2.75) is 19.5 Å². The van der Waals surface area contributed by atoms with E-state index in [1.165, 1.54) is 0 Å². The number of pyridine rings is 1. The number of furan rings is 1. The highest BCUT2D eigenvalue weighted by atomic mass is 16.5. The van der Waals surface area contributed by atoms with E-state index in [1.54, 1.807) is 29.6 Å². The smallest absolute Gasteiger partial charge is 0.270 e. The van der Waals surface area contributed by atoms with E-state index in [4.69, 9.17) is 9.15 Å². The van der Waals surface area contributed by atoms with Crippen LogP contribution in [0.2, 0.25) is 0 Å². The van der Waals surface area contributed by atoms with Crippen molar-refractivity contribution >= 4 is 18.1 Å². The van der Waals surface area contributed by atoms with E-state index in [-0.39, 0.29) is 0 Å². The van der Waals surface area contributed by atoms with Crippen LogP contribution >= 0.6 is 0 Å². The van der Waals surface area contributed by atoms with E-state index in [0.717, 1.165) is 35.6 Å². The van der Waals surface area contributed by atoms with Crippen LogP contribution in [0.1, 0.15) is 23.3 Å². The standard InChI is InChI=1S/C24H27N7O2/c1-31-24(29-23(30-31)28-17-19-8-11-25-12-9-19)27-10-4-14-32-21-6-2-5-20(15-21)16-26-18-22-7-3-13-33-22/h2-3,5-9,11-13,15,17,26H,4,10,14,16,18H2,1H3,(H,27,29,30)/b28-17+. The minimum atomic E-state index is 0.408. The molecule has 2 N–H and O–H groups in total. The average Bonchev–Trinajstić information content (AvgIpc) is 3.48. The molecule has 9 heteroatoms. The van der Waals surface area contributed by atoms with Crippen molar-refractivity contribution in [2.75, 3.05) is 18.5 Å². The molecule has 4 rings (SSSR count). The number of aliphatic imine (C=N–C) groups is 1. The zero-order chi connectivity index (χ0) is 22.7. The number of rotatable bonds is 12. The van der Waals surface area contributed by atoms with Crippen molar-refractivity contribution in [3.05, 3.63) is 84.1 Å². The Morgan fingerprint density at radius 3 is 2.88 bits per heavy atom. The molecule has 0 saturated heterocycles. The Hall–Kier alpha value is -3.98. The van der Waals surface area contributed by atoms with Crippen molar-refractivity contribution in [3.63, 3.8) is 0 Å². The molecule has 0 bridgehead atoms. The van der Waals surface area contributed by atoms with Crippen LogP contribution in [0.4, 0.5) is 11.9 Å². The van der Waals surface area contributed by atoms with E-state index >= 15 is 0 Å². The predicted molar refractivity (Wildman–Crippen MR) is 127 cm³/mol. The van der Waals surface area contributed by atoms with Gasteiger partial charge in [-0.3, -0.25) is 4.98 Å². The molecule has 0 radical (unpaired) electrons. The normalized spacial score (nSPS) is 11.2. The molecule has 0 spiro atoms. The van der Waals surface area contributed by atoms with Gasteiger partial charge in [0.2, 0.25) is 5.95 Å². The fourth-order valence-electron chi connectivity index (χ4n) is 3.11. The summed E-state index contributed by atoms with van der Waals surface area (Å²) in [7, 11) is 1.84.